The lowest BCUT2D eigenvalue weighted by Crippen LogP contribution is -2.54. The van der Waals surface area contributed by atoms with Crippen molar-refractivity contribution in [1.29, 1.82) is 0 Å². The zero-order valence-corrected chi connectivity index (χ0v) is 17.7. The van der Waals surface area contributed by atoms with Gasteiger partial charge in [-0.05, 0) is 48.6 Å². The molecule has 162 valence electrons. The zero-order chi connectivity index (χ0) is 21.8. The van der Waals surface area contributed by atoms with Crippen LogP contribution in [0, 0.1) is 11.7 Å². The molecular weight excluding hydrogens is 417 g/mol. The second kappa shape index (κ2) is 9.51. The second-order valence-electron chi connectivity index (χ2n) is 7.86. The molecule has 2 fully saturated rings. The fourth-order valence-electron chi connectivity index (χ4n) is 3.41. The Morgan fingerprint density at radius 1 is 1.10 bits per heavy atom. The first-order valence-electron chi connectivity index (χ1n) is 10.3. The van der Waals surface area contributed by atoms with Crippen LogP contribution in [-0.4, -0.2) is 34.8 Å². The van der Waals surface area contributed by atoms with E-state index in [1.165, 1.54) is 17.8 Å². The first kappa shape index (κ1) is 21.4. The topological polar surface area (TPSA) is 87.3 Å². The maximum Gasteiger partial charge on any atom is 0.243 e. The maximum absolute atomic E-state index is 13.9. The van der Waals surface area contributed by atoms with Crippen LogP contribution in [0.4, 0.5) is 10.1 Å². The van der Waals surface area contributed by atoms with Gasteiger partial charge in [0.25, 0.3) is 0 Å². The standard InChI is InChI=1S/C23H24FN3O3S/c24-18-7-2-1-5-16(18)11-20-23(30)27-19(13-31-20)22(29)25-12-14-4-3-6-17(10-14)26-21(28)15-8-9-15/h1-7,10,15,19-20H,8-9,11-13H2,(H,25,29)(H,26,28)(H,27,30)/t19-,20-/m1/s1. The Morgan fingerprint density at radius 2 is 1.90 bits per heavy atom. The van der Waals surface area contributed by atoms with E-state index in [1.807, 2.05) is 24.3 Å². The smallest absolute Gasteiger partial charge is 0.243 e. The van der Waals surface area contributed by atoms with E-state index in [4.69, 9.17) is 0 Å². The minimum absolute atomic E-state index is 0.0352. The normalized spacial score (nSPS) is 20.6. The number of amides is 3. The van der Waals surface area contributed by atoms with Crippen LogP contribution in [-0.2, 0) is 27.3 Å². The molecule has 4 rings (SSSR count). The van der Waals surface area contributed by atoms with Gasteiger partial charge in [0.1, 0.15) is 11.9 Å². The molecule has 2 aromatic rings. The fourth-order valence-corrected chi connectivity index (χ4v) is 4.59. The summed E-state index contributed by atoms with van der Waals surface area (Å²) >= 11 is 1.36. The highest BCUT2D eigenvalue weighted by atomic mass is 32.2. The van der Waals surface area contributed by atoms with E-state index in [1.54, 1.807) is 18.2 Å². The molecule has 1 saturated heterocycles. The van der Waals surface area contributed by atoms with Gasteiger partial charge in [-0.3, -0.25) is 14.4 Å². The van der Waals surface area contributed by atoms with Gasteiger partial charge in [-0.25, -0.2) is 4.39 Å². The van der Waals surface area contributed by atoms with E-state index in [2.05, 4.69) is 16.0 Å². The lowest BCUT2D eigenvalue weighted by molar-refractivity contribution is -0.128. The monoisotopic (exact) mass is 441 g/mol. The average molecular weight is 442 g/mol. The number of benzene rings is 2. The van der Waals surface area contributed by atoms with Crippen LogP contribution in [0.5, 0.6) is 0 Å². The summed E-state index contributed by atoms with van der Waals surface area (Å²) in [5.41, 5.74) is 2.06. The Kier molecular flexibility index (Phi) is 6.56. The van der Waals surface area contributed by atoms with Gasteiger partial charge in [-0.2, -0.15) is 0 Å². The summed E-state index contributed by atoms with van der Waals surface area (Å²) in [6.45, 7) is 0.293. The molecule has 0 aromatic heterocycles. The first-order chi connectivity index (χ1) is 15.0. The molecule has 8 heteroatoms. The molecule has 31 heavy (non-hydrogen) atoms. The molecule has 0 unspecified atom stereocenters. The summed E-state index contributed by atoms with van der Waals surface area (Å²) in [5, 5.41) is 8.05. The predicted molar refractivity (Wildman–Crippen MR) is 118 cm³/mol. The Morgan fingerprint density at radius 3 is 2.65 bits per heavy atom. The SMILES string of the molecule is O=C(Nc1cccc(CNC(=O)[C@H]2CS[C@H](Cc3ccccc3F)C(=O)N2)c1)C1CC1. The van der Waals surface area contributed by atoms with Gasteiger partial charge in [0.15, 0.2) is 0 Å². The third-order valence-electron chi connectivity index (χ3n) is 5.36. The molecule has 1 aliphatic heterocycles. The van der Waals surface area contributed by atoms with Crippen molar-refractivity contribution < 1.29 is 18.8 Å². The van der Waals surface area contributed by atoms with E-state index in [9.17, 15) is 18.8 Å². The maximum atomic E-state index is 13.9. The van der Waals surface area contributed by atoms with Crippen molar-refractivity contribution in [2.24, 2.45) is 5.92 Å². The number of hydrogen-bond acceptors (Lipinski definition) is 4. The largest absolute Gasteiger partial charge is 0.350 e. The molecule has 6 nitrogen and oxygen atoms in total. The number of anilines is 1. The van der Waals surface area contributed by atoms with E-state index < -0.39 is 11.3 Å². The Balaban J connectivity index is 1.26. The van der Waals surface area contributed by atoms with Crippen molar-refractivity contribution in [2.45, 2.75) is 37.1 Å². The number of nitrogens with one attached hydrogen (secondary N) is 3. The van der Waals surface area contributed by atoms with E-state index in [0.717, 1.165) is 18.4 Å². The third kappa shape index (κ3) is 5.64. The Labute approximate surface area is 184 Å². The van der Waals surface area contributed by atoms with E-state index >= 15 is 0 Å². The molecule has 1 saturated carbocycles. The molecule has 2 aliphatic rings. The minimum atomic E-state index is -0.632. The van der Waals surface area contributed by atoms with Crippen molar-refractivity contribution in [3.05, 3.63) is 65.5 Å². The first-order valence-corrected chi connectivity index (χ1v) is 11.4. The number of thioether (sulfide) groups is 1. The summed E-state index contributed by atoms with van der Waals surface area (Å²) in [4.78, 5) is 36.9. The molecule has 3 amide bonds. The quantitative estimate of drug-likeness (QED) is 0.617. The van der Waals surface area contributed by atoms with E-state index in [-0.39, 0.29) is 35.9 Å². The fraction of sp³-hybridized carbons (Fsp3) is 0.348. The Bertz CT molecular complexity index is 996. The molecule has 2 aromatic carbocycles. The number of carbonyl (C=O) groups excluding carboxylic acids is 3. The van der Waals surface area contributed by atoms with Crippen LogP contribution in [0.2, 0.25) is 0 Å². The van der Waals surface area contributed by atoms with Crippen molar-refractivity contribution in [3.63, 3.8) is 0 Å². The highest BCUT2D eigenvalue weighted by Gasteiger charge is 2.33. The summed E-state index contributed by atoms with van der Waals surface area (Å²) in [6.07, 6.45) is 2.17. The van der Waals surface area contributed by atoms with Crippen molar-refractivity contribution >= 4 is 35.2 Å². The van der Waals surface area contributed by atoms with Crippen LogP contribution < -0.4 is 16.0 Å². The van der Waals surface area contributed by atoms with Gasteiger partial charge < -0.3 is 16.0 Å². The lowest BCUT2D eigenvalue weighted by Gasteiger charge is -2.28. The van der Waals surface area contributed by atoms with Gasteiger partial charge in [0.2, 0.25) is 17.7 Å². The van der Waals surface area contributed by atoms with Gasteiger partial charge >= 0.3 is 0 Å². The molecule has 3 N–H and O–H groups in total. The zero-order valence-electron chi connectivity index (χ0n) is 16.9. The third-order valence-corrected chi connectivity index (χ3v) is 6.67. The minimum Gasteiger partial charge on any atom is -0.350 e. The van der Waals surface area contributed by atoms with E-state index in [0.29, 0.717) is 23.5 Å². The van der Waals surface area contributed by atoms with Gasteiger partial charge in [-0.15, -0.1) is 11.8 Å². The summed E-state index contributed by atoms with van der Waals surface area (Å²) in [5.74, 6) is -0.270. The molecule has 0 spiro atoms. The van der Waals surface area contributed by atoms with Gasteiger partial charge in [0, 0.05) is 23.9 Å². The number of rotatable bonds is 7. The lowest BCUT2D eigenvalue weighted by atomic mass is 10.1. The van der Waals surface area contributed by atoms with Crippen molar-refractivity contribution in [3.8, 4) is 0 Å². The number of halogens is 1. The van der Waals surface area contributed by atoms with Crippen LogP contribution >= 0.6 is 11.8 Å². The highest BCUT2D eigenvalue weighted by molar-refractivity contribution is 8.00. The van der Waals surface area contributed by atoms with Crippen LogP contribution in [0.15, 0.2) is 48.5 Å². The summed E-state index contributed by atoms with van der Waals surface area (Å²) in [6, 6.07) is 13.1. The second-order valence-corrected chi connectivity index (χ2v) is 9.10. The van der Waals surface area contributed by atoms with Crippen LogP contribution in [0.1, 0.15) is 24.0 Å². The Hall–Kier alpha value is -2.87. The molecule has 2 atom stereocenters. The van der Waals surface area contributed by atoms with Crippen LogP contribution in [0.3, 0.4) is 0 Å². The van der Waals surface area contributed by atoms with Gasteiger partial charge in [0.05, 0.1) is 5.25 Å². The predicted octanol–water partition coefficient (Wildman–Crippen LogP) is 2.63. The highest BCUT2D eigenvalue weighted by Crippen LogP contribution is 2.30. The van der Waals surface area contributed by atoms with Gasteiger partial charge in [-0.1, -0.05) is 30.3 Å². The number of carbonyl (C=O) groups is 3. The van der Waals surface area contributed by atoms with Crippen molar-refractivity contribution in [1.82, 2.24) is 10.6 Å². The van der Waals surface area contributed by atoms with Crippen LogP contribution in [0.25, 0.3) is 0 Å². The van der Waals surface area contributed by atoms with Crippen molar-refractivity contribution in [2.75, 3.05) is 11.1 Å². The molecular formula is C23H24FN3O3S. The summed E-state index contributed by atoms with van der Waals surface area (Å²) < 4.78 is 13.9. The molecule has 1 heterocycles. The summed E-state index contributed by atoms with van der Waals surface area (Å²) in [7, 11) is 0. The molecule has 1 aliphatic carbocycles. The average Bonchev–Trinajstić information content (AvgIpc) is 3.61. The molecule has 0 bridgehead atoms. The molecule has 0 radical (unpaired) electrons. The number of hydrogen-bond donors (Lipinski definition) is 3.